The van der Waals surface area contributed by atoms with Crippen molar-refractivity contribution in [3.05, 3.63) is 53.9 Å². The number of aliphatic hydroxyl groups is 6. The smallest absolute Gasteiger partial charge is 0.311 e. The van der Waals surface area contributed by atoms with Gasteiger partial charge in [-0.05, 0) is 123 Å². The summed E-state index contributed by atoms with van der Waals surface area (Å²) in [5, 5.41) is 63.5. The first-order valence-corrected chi connectivity index (χ1v) is 26.9. The molecule has 0 radical (unpaired) electrons. The number of hydrogen-bond donors (Lipinski definition) is 7. The maximum absolute atomic E-state index is 13.7. The minimum atomic E-state index is -1.68. The summed E-state index contributed by atoms with van der Waals surface area (Å²) in [6.07, 6.45) is 17.2. The van der Waals surface area contributed by atoms with Crippen molar-refractivity contribution in [2.45, 2.75) is 207 Å². The number of carbonyl (C=O) groups excluding carboxylic acids is 2. The molecule has 7 N–H and O–H groups in total. The molecule has 2 aromatic rings. The van der Waals surface area contributed by atoms with Crippen LogP contribution in [0.25, 0.3) is 11.1 Å². The first-order chi connectivity index (χ1) is 35.8. The van der Waals surface area contributed by atoms with Crippen molar-refractivity contribution in [1.29, 1.82) is 0 Å². The van der Waals surface area contributed by atoms with Crippen molar-refractivity contribution in [2.24, 2.45) is 23.7 Å². The summed E-state index contributed by atoms with van der Waals surface area (Å²) in [4.78, 5) is 33.7. The Morgan fingerprint density at radius 3 is 2.01 bits per heavy atom. The molecule has 434 valence electrons. The highest BCUT2D eigenvalue weighted by atomic mass is 19.1. The average Bonchev–Trinajstić information content (AvgIpc) is 3.38. The summed E-state index contributed by atoms with van der Waals surface area (Å²) in [5.41, 5.74) is 0.678. The Labute approximate surface area is 456 Å². The number of benzene rings is 1. The second-order valence-electron chi connectivity index (χ2n) is 21.0. The van der Waals surface area contributed by atoms with Crippen LogP contribution in [0.5, 0.6) is 0 Å². The Morgan fingerprint density at radius 2 is 1.49 bits per heavy atom. The summed E-state index contributed by atoms with van der Waals surface area (Å²) in [6, 6.07) is 10.1. The van der Waals surface area contributed by atoms with Gasteiger partial charge in [0.2, 0.25) is 5.91 Å². The largest absolute Gasteiger partial charge is 0.459 e. The predicted octanol–water partition coefficient (Wildman–Crippen LogP) is 7.19. The lowest BCUT2D eigenvalue weighted by Gasteiger charge is -2.43. The lowest BCUT2D eigenvalue weighted by atomic mass is 9.80. The van der Waals surface area contributed by atoms with Gasteiger partial charge >= 0.3 is 5.97 Å². The van der Waals surface area contributed by atoms with Gasteiger partial charge in [-0.15, -0.1) is 25.7 Å². The standard InChI is InChI=1S/C27H51NO7.C25H34FN3O4.C2H6.2C2H2.CH4O/c1-10-21-27(8,32)25(30)28(9)15-17(3)13-26(7,31)14-18(4)23(20(6)24(29)34-21)35-22-12-16(2)11-19(5)33-22;1-16-4-5-20(15-27-16)18-6-8-19(9-7-18)25(32)22(14-26)28-23(30)10-11-29(3)21-12-17(2)33-24(31)13-21;4*1-2/h16-23,25,30-32H,10-15H2,1-9H3;4-9,15,17,21-22,24-25,31-32H,10-14H2,1-3H3,(H,28,30);1-2H3;2*1-2H;2H,1H3/t16-,17-,18-,19+,20-,21-,22+,23+,25+,26-,27-;17-,21+,22-,24-,25-;;;;/m11..../s1. The first-order valence-electron chi connectivity index (χ1n) is 26.9. The van der Waals surface area contributed by atoms with Crippen LogP contribution in [0.4, 0.5) is 4.39 Å². The van der Waals surface area contributed by atoms with Crippen molar-refractivity contribution in [2.75, 3.05) is 41.0 Å². The van der Waals surface area contributed by atoms with Gasteiger partial charge < -0.3 is 59.8 Å². The van der Waals surface area contributed by atoms with Gasteiger partial charge in [0.05, 0.1) is 35.9 Å². The van der Waals surface area contributed by atoms with Gasteiger partial charge in [-0.2, -0.15) is 0 Å². The van der Waals surface area contributed by atoms with Gasteiger partial charge in [0.15, 0.2) is 12.6 Å². The van der Waals surface area contributed by atoms with Crippen LogP contribution in [0.15, 0.2) is 42.6 Å². The van der Waals surface area contributed by atoms with E-state index >= 15 is 0 Å². The van der Waals surface area contributed by atoms with Crippen LogP contribution < -0.4 is 5.32 Å². The fourth-order valence-electron chi connectivity index (χ4n) is 10.4. The fraction of sp³-hybridized carbons (Fsp3) is 0.712. The number of alkyl halides is 1. The molecule has 1 amide bonds. The number of nitrogens with zero attached hydrogens (tertiary/aromatic N) is 3. The summed E-state index contributed by atoms with van der Waals surface area (Å²) < 4.78 is 37.3. The number of esters is 1. The van der Waals surface area contributed by atoms with Gasteiger partial charge in [-0.1, -0.05) is 71.9 Å². The topological polar surface area (TPSA) is 224 Å². The number of nitrogens with one attached hydrogen (secondary N) is 1. The lowest BCUT2D eigenvalue weighted by molar-refractivity contribution is -0.243. The van der Waals surface area contributed by atoms with E-state index in [-0.39, 0.29) is 42.4 Å². The number of hydrogen-bond acceptors (Lipinski definition) is 15. The molecule has 3 aliphatic rings. The quantitative estimate of drug-likeness (QED) is 0.0825. The van der Waals surface area contributed by atoms with Gasteiger partial charge in [0, 0.05) is 63.0 Å². The zero-order chi connectivity index (χ0) is 58.7. The third-order valence-corrected chi connectivity index (χ3v) is 14.0. The third-order valence-electron chi connectivity index (χ3n) is 14.0. The van der Waals surface area contributed by atoms with Gasteiger partial charge in [0.25, 0.3) is 0 Å². The van der Waals surface area contributed by atoms with Crippen LogP contribution in [0, 0.1) is 56.3 Å². The molecule has 4 heterocycles. The fourth-order valence-corrected chi connectivity index (χ4v) is 10.4. The molecule has 3 saturated heterocycles. The molecule has 5 rings (SSSR count). The molecule has 0 aliphatic carbocycles. The number of aromatic nitrogens is 1. The number of aryl methyl sites for hydroxylation is 1. The number of aliphatic hydroxyl groups excluding tert-OH is 4. The highest BCUT2D eigenvalue weighted by molar-refractivity contribution is 5.76. The zero-order valence-corrected chi connectivity index (χ0v) is 48.6. The Morgan fingerprint density at radius 1 is 0.908 bits per heavy atom. The monoisotopic (exact) mass is 1070 g/mol. The summed E-state index contributed by atoms with van der Waals surface area (Å²) in [5.74, 6) is -1.13. The molecule has 3 aliphatic heterocycles. The third kappa shape index (κ3) is 23.5. The summed E-state index contributed by atoms with van der Waals surface area (Å²) in [7, 11) is 4.63. The van der Waals surface area contributed by atoms with Gasteiger partial charge in [-0.3, -0.25) is 19.5 Å². The number of likely N-dealkylation sites (N-methyl/N-ethyl adjacent to an activating group) is 1. The maximum atomic E-state index is 13.7. The van der Waals surface area contributed by atoms with E-state index in [1.54, 1.807) is 37.2 Å². The molecule has 1 aromatic carbocycles. The number of ether oxygens (including phenoxy) is 4. The SMILES string of the molecule is C#C.C#C.CC.CC[C@H]1OC(=O)[C@H](C)[C@@H](O[C@H]2C[C@H](C)C[C@H](C)O2)[C@H](C)C[C@](C)(O)C[C@@H](C)CN(C)[C@@H](O)[C@]1(C)O.CO.Cc1ccc(-c2ccc([C@@H](O)[C@@H](CF)NC(=O)CCN(C)[C@H]3C[C@@H](C)O[C@@H](O)C3)cc2)cn1. The van der Waals surface area contributed by atoms with E-state index in [2.05, 4.69) is 42.9 Å². The van der Waals surface area contributed by atoms with Crippen LogP contribution >= 0.6 is 0 Å². The van der Waals surface area contributed by atoms with E-state index in [9.17, 15) is 39.5 Å². The Balaban J connectivity index is 0.00000131. The summed E-state index contributed by atoms with van der Waals surface area (Å²) in [6.45, 7) is 23.0. The highest BCUT2D eigenvalue weighted by Gasteiger charge is 2.46. The molecule has 16 nitrogen and oxygen atoms in total. The lowest BCUT2D eigenvalue weighted by Crippen LogP contribution is -2.58. The molecule has 3 fully saturated rings. The normalized spacial score (nSPS) is 32.0. The summed E-state index contributed by atoms with van der Waals surface area (Å²) >= 11 is 0. The van der Waals surface area contributed by atoms with E-state index in [1.807, 2.05) is 98.5 Å². The molecule has 1 aromatic heterocycles. The number of halogens is 1. The Bertz CT molecular complexity index is 1910. The molecule has 0 spiro atoms. The van der Waals surface area contributed by atoms with Crippen molar-refractivity contribution >= 4 is 11.9 Å². The highest BCUT2D eigenvalue weighted by Crippen LogP contribution is 2.36. The predicted molar refractivity (Wildman–Crippen MR) is 298 cm³/mol. The van der Waals surface area contributed by atoms with Crippen LogP contribution in [0.3, 0.4) is 0 Å². The average molecular weight is 1080 g/mol. The molecule has 0 bridgehead atoms. The number of pyridine rings is 1. The Hall–Kier alpha value is -4.08. The van der Waals surface area contributed by atoms with Gasteiger partial charge in [-0.25, -0.2) is 4.39 Å². The molecule has 0 unspecified atom stereocenters. The number of rotatable bonds is 12. The number of carbonyl (C=O) groups is 2. The number of cyclic esters (lactones) is 1. The molecule has 0 saturated carbocycles. The van der Waals surface area contributed by atoms with E-state index < -0.39 is 72.9 Å². The molecule has 76 heavy (non-hydrogen) atoms. The minimum absolute atomic E-state index is 0.0465. The molecular weight excluding hydrogens is 976 g/mol. The molecular formula is C59H99FN4O12. The second kappa shape index (κ2) is 36.2. The van der Waals surface area contributed by atoms with Crippen LogP contribution in [-0.2, 0) is 28.5 Å². The number of amides is 1. The van der Waals surface area contributed by atoms with Gasteiger partial charge in [0.1, 0.15) is 30.7 Å². The van der Waals surface area contributed by atoms with E-state index in [1.165, 1.54) is 6.92 Å². The second-order valence-corrected chi connectivity index (χ2v) is 21.0. The van der Waals surface area contributed by atoms with Crippen molar-refractivity contribution in [1.82, 2.24) is 20.1 Å². The van der Waals surface area contributed by atoms with E-state index in [4.69, 9.17) is 24.1 Å². The number of terminal acetylenes is 2. The van der Waals surface area contributed by atoms with E-state index in [0.29, 0.717) is 50.3 Å². The van der Waals surface area contributed by atoms with Crippen molar-refractivity contribution < 1.29 is 63.6 Å². The molecule has 16 atom stereocenters. The zero-order valence-electron chi connectivity index (χ0n) is 48.6. The maximum Gasteiger partial charge on any atom is 0.311 e. The van der Waals surface area contributed by atoms with Crippen LogP contribution in [-0.4, -0.2) is 165 Å². The van der Waals surface area contributed by atoms with Crippen LogP contribution in [0.2, 0.25) is 0 Å². The van der Waals surface area contributed by atoms with E-state index in [0.717, 1.165) is 43.2 Å². The van der Waals surface area contributed by atoms with Crippen molar-refractivity contribution in [3.8, 4) is 36.8 Å². The van der Waals surface area contributed by atoms with Crippen molar-refractivity contribution in [3.63, 3.8) is 0 Å². The first kappa shape index (κ1) is 71.9. The van der Waals surface area contributed by atoms with Crippen LogP contribution in [0.1, 0.15) is 145 Å². The minimum Gasteiger partial charge on any atom is -0.459 e. The molecule has 17 heteroatoms. The Kier molecular flexibility index (Phi) is 34.2.